The van der Waals surface area contributed by atoms with E-state index in [0.29, 0.717) is 23.4 Å². The molecule has 1 aliphatic heterocycles. The molecule has 32 heavy (non-hydrogen) atoms. The van der Waals surface area contributed by atoms with Gasteiger partial charge in [0.1, 0.15) is 5.75 Å². The van der Waals surface area contributed by atoms with Gasteiger partial charge in [0.15, 0.2) is 12.2 Å². The number of carbonyl (C=O) groups excluding carboxylic acids is 1. The molecule has 3 N–H and O–H groups in total. The summed E-state index contributed by atoms with van der Waals surface area (Å²) in [5.74, 6) is -1.29. The van der Waals surface area contributed by atoms with Gasteiger partial charge in [-0.25, -0.2) is 9.59 Å². The number of carbonyl (C=O) groups is 2. The molecule has 4 rings (SSSR count). The number of carboxylic acid groups (broad SMARTS) is 1. The minimum absolute atomic E-state index is 0.148. The lowest BCUT2D eigenvalue weighted by molar-refractivity contribution is -0.139. The fraction of sp³-hybridized carbons (Fsp3) is 0.348. The van der Waals surface area contributed by atoms with Crippen LogP contribution in [0.15, 0.2) is 51.7 Å². The molecule has 2 heterocycles. The molecule has 1 amide bonds. The average molecular weight is 439 g/mol. The first kappa shape index (κ1) is 21.6. The molecule has 0 radical (unpaired) electrons. The van der Waals surface area contributed by atoms with E-state index in [1.807, 2.05) is 6.07 Å². The molecule has 0 spiro atoms. The second kappa shape index (κ2) is 9.69. The van der Waals surface area contributed by atoms with Crippen LogP contribution in [-0.2, 0) is 16.0 Å². The highest BCUT2D eigenvalue weighted by Gasteiger charge is 2.21. The van der Waals surface area contributed by atoms with Gasteiger partial charge in [-0.2, -0.15) is 0 Å². The topological polar surface area (TPSA) is 125 Å². The van der Waals surface area contributed by atoms with Crippen LogP contribution in [-0.4, -0.2) is 53.1 Å². The Morgan fingerprint density at radius 1 is 1.19 bits per heavy atom. The number of nitrogens with one attached hydrogen (secondary N) is 2. The molecular weight excluding hydrogens is 414 g/mol. The number of hydrogen-bond acceptors (Lipinski definition) is 6. The summed E-state index contributed by atoms with van der Waals surface area (Å²) in [5.41, 5.74) is 2.61. The Labute approximate surface area is 184 Å². The lowest BCUT2D eigenvalue weighted by Gasteiger charge is -2.25. The molecule has 9 heteroatoms. The van der Waals surface area contributed by atoms with E-state index in [1.165, 1.54) is 0 Å². The maximum atomic E-state index is 12.9. The van der Waals surface area contributed by atoms with Crippen LogP contribution in [0.1, 0.15) is 30.0 Å². The standard InChI is InChI=1S/C23H25N3O6/c27-21(11-15-6-7-20-18(10-15)25-23(30)32-20)24-19(13-26-8-1-2-9-26)16-4-3-5-17(12-16)31-14-22(28)29/h3-7,10,12,19H,1-2,8-9,11,13-14H2,(H,24,27)(H,25,30)(H,28,29). The second-order valence-corrected chi connectivity index (χ2v) is 7.90. The van der Waals surface area contributed by atoms with Gasteiger partial charge in [-0.1, -0.05) is 18.2 Å². The largest absolute Gasteiger partial charge is 0.482 e. The molecule has 1 saturated heterocycles. The van der Waals surface area contributed by atoms with Crippen molar-refractivity contribution in [3.63, 3.8) is 0 Å². The molecule has 1 unspecified atom stereocenters. The molecule has 0 saturated carbocycles. The predicted octanol–water partition coefficient (Wildman–Crippen LogP) is 2.08. The van der Waals surface area contributed by atoms with Crippen LogP contribution in [0.5, 0.6) is 5.75 Å². The predicted molar refractivity (Wildman–Crippen MR) is 117 cm³/mol. The Bertz CT molecular complexity index is 1160. The van der Waals surface area contributed by atoms with E-state index in [2.05, 4.69) is 15.2 Å². The molecule has 1 atom stereocenters. The van der Waals surface area contributed by atoms with Crippen molar-refractivity contribution in [3.8, 4) is 5.75 Å². The normalized spacial score (nSPS) is 15.0. The van der Waals surface area contributed by atoms with Crippen LogP contribution < -0.4 is 15.8 Å². The molecule has 1 aliphatic rings. The fourth-order valence-corrected chi connectivity index (χ4v) is 3.96. The third-order valence-corrected chi connectivity index (χ3v) is 5.45. The van der Waals surface area contributed by atoms with Crippen molar-refractivity contribution in [2.75, 3.05) is 26.2 Å². The van der Waals surface area contributed by atoms with E-state index < -0.39 is 18.3 Å². The summed E-state index contributed by atoms with van der Waals surface area (Å²) in [6, 6.07) is 12.0. The van der Waals surface area contributed by atoms with Crippen LogP contribution in [0.3, 0.4) is 0 Å². The summed E-state index contributed by atoms with van der Waals surface area (Å²) in [6.45, 7) is 2.19. The molecule has 168 valence electrons. The maximum Gasteiger partial charge on any atom is 0.417 e. The first-order valence-electron chi connectivity index (χ1n) is 10.5. The Morgan fingerprint density at radius 2 is 2.00 bits per heavy atom. The number of likely N-dealkylation sites (tertiary alicyclic amines) is 1. The van der Waals surface area contributed by atoms with Gasteiger partial charge in [-0.05, 0) is 61.3 Å². The Morgan fingerprint density at radius 3 is 2.78 bits per heavy atom. The van der Waals surface area contributed by atoms with Crippen LogP contribution in [0.25, 0.3) is 11.1 Å². The lowest BCUT2D eigenvalue weighted by Crippen LogP contribution is -2.37. The van der Waals surface area contributed by atoms with Crippen LogP contribution >= 0.6 is 0 Å². The molecule has 0 aliphatic carbocycles. The third kappa shape index (κ3) is 5.55. The number of fused-ring (bicyclic) bond motifs is 1. The van der Waals surface area contributed by atoms with Crippen LogP contribution in [0.2, 0.25) is 0 Å². The summed E-state index contributed by atoms with van der Waals surface area (Å²) >= 11 is 0. The van der Waals surface area contributed by atoms with Gasteiger partial charge in [0, 0.05) is 6.54 Å². The van der Waals surface area contributed by atoms with Gasteiger partial charge in [0.2, 0.25) is 5.91 Å². The van der Waals surface area contributed by atoms with Crippen molar-refractivity contribution < 1.29 is 23.8 Å². The number of H-pyrrole nitrogens is 1. The zero-order valence-electron chi connectivity index (χ0n) is 17.5. The van der Waals surface area contributed by atoms with Crippen molar-refractivity contribution >= 4 is 23.0 Å². The highest BCUT2D eigenvalue weighted by molar-refractivity contribution is 5.81. The van der Waals surface area contributed by atoms with E-state index in [9.17, 15) is 14.4 Å². The Kier molecular flexibility index (Phi) is 6.55. The minimum atomic E-state index is -1.05. The number of aliphatic carboxylic acids is 1. The first-order valence-corrected chi connectivity index (χ1v) is 10.5. The number of aromatic nitrogens is 1. The number of aromatic amines is 1. The molecule has 3 aromatic rings. The summed E-state index contributed by atoms with van der Waals surface area (Å²) in [7, 11) is 0. The highest BCUT2D eigenvalue weighted by atomic mass is 16.5. The number of ether oxygens (including phenoxy) is 1. The van der Waals surface area contributed by atoms with E-state index in [0.717, 1.165) is 37.1 Å². The van der Waals surface area contributed by atoms with Crippen LogP contribution in [0, 0.1) is 0 Å². The number of amides is 1. The first-order chi connectivity index (χ1) is 15.5. The van der Waals surface area contributed by atoms with Gasteiger partial charge in [0.25, 0.3) is 0 Å². The number of carboxylic acids is 1. The van der Waals surface area contributed by atoms with Gasteiger partial charge in [-0.3, -0.25) is 9.78 Å². The Balaban J connectivity index is 1.49. The van der Waals surface area contributed by atoms with Crippen molar-refractivity contribution in [3.05, 3.63) is 64.1 Å². The van der Waals surface area contributed by atoms with Gasteiger partial charge in [0.05, 0.1) is 18.0 Å². The highest BCUT2D eigenvalue weighted by Crippen LogP contribution is 2.22. The van der Waals surface area contributed by atoms with E-state index >= 15 is 0 Å². The molecular formula is C23H25N3O6. The van der Waals surface area contributed by atoms with Crippen molar-refractivity contribution in [2.24, 2.45) is 0 Å². The Hall–Kier alpha value is -3.59. The van der Waals surface area contributed by atoms with Crippen molar-refractivity contribution in [2.45, 2.75) is 25.3 Å². The summed E-state index contributed by atoms with van der Waals surface area (Å²) < 4.78 is 10.3. The number of rotatable bonds is 9. The van der Waals surface area contributed by atoms with Gasteiger partial charge >= 0.3 is 11.7 Å². The second-order valence-electron chi connectivity index (χ2n) is 7.90. The minimum Gasteiger partial charge on any atom is -0.482 e. The fourth-order valence-electron chi connectivity index (χ4n) is 3.96. The zero-order valence-corrected chi connectivity index (χ0v) is 17.5. The third-order valence-electron chi connectivity index (χ3n) is 5.45. The quantitative estimate of drug-likeness (QED) is 0.466. The van der Waals surface area contributed by atoms with E-state index in [-0.39, 0.29) is 18.4 Å². The molecule has 0 bridgehead atoms. The van der Waals surface area contributed by atoms with Crippen molar-refractivity contribution in [1.29, 1.82) is 0 Å². The number of benzene rings is 2. The van der Waals surface area contributed by atoms with Gasteiger partial charge in [-0.15, -0.1) is 0 Å². The number of oxazole rings is 1. The monoisotopic (exact) mass is 439 g/mol. The summed E-state index contributed by atoms with van der Waals surface area (Å²) in [4.78, 5) is 39.9. The van der Waals surface area contributed by atoms with Crippen molar-refractivity contribution in [1.82, 2.24) is 15.2 Å². The SMILES string of the molecule is O=C(O)COc1cccc(C(CN2CCCC2)NC(=O)Cc2ccc3oc(=O)[nH]c3c2)c1. The zero-order chi connectivity index (χ0) is 22.5. The molecule has 2 aromatic carbocycles. The number of hydrogen-bond donors (Lipinski definition) is 3. The van der Waals surface area contributed by atoms with Crippen LogP contribution in [0.4, 0.5) is 0 Å². The molecule has 1 aromatic heterocycles. The summed E-state index contributed by atoms with van der Waals surface area (Å²) in [5, 5.41) is 12.0. The molecule has 1 fully saturated rings. The average Bonchev–Trinajstić information content (AvgIpc) is 3.40. The smallest absolute Gasteiger partial charge is 0.417 e. The maximum absolute atomic E-state index is 12.9. The molecule has 9 nitrogen and oxygen atoms in total. The van der Waals surface area contributed by atoms with E-state index in [1.54, 1.807) is 36.4 Å². The van der Waals surface area contributed by atoms with Gasteiger partial charge < -0.3 is 24.5 Å². The summed E-state index contributed by atoms with van der Waals surface area (Å²) in [6.07, 6.45) is 2.41. The number of nitrogens with zero attached hydrogens (tertiary/aromatic N) is 1. The lowest BCUT2D eigenvalue weighted by atomic mass is 10.0. The van der Waals surface area contributed by atoms with E-state index in [4.69, 9.17) is 14.3 Å².